The van der Waals surface area contributed by atoms with Gasteiger partial charge in [0.1, 0.15) is 12.1 Å². The van der Waals surface area contributed by atoms with E-state index in [9.17, 15) is 29.1 Å². The molecule has 15 nitrogen and oxygen atoms in total. The molecule has 348 valence electrons. The van der Waals surface area contributed by atoms with Crippen molar-refractivity contribution in [3.8, 4) is 0 Å². The first-order chi connectivity index (χ1) is 28.8. The summed E-state index contributed by atoms with van der Waals surface area (Å²) in [5.41, 5.74) is 0.782. The van der Waals surface area contributed by atoms with Crippen molar-refractivity contribution in [1.29, 1.82) is 0 Å². The maximum Gasteiger partial charge on any atom is 0.326 e. The third-order valence-corrected chi connectivity index (χ3v) is 12.1. The van der Waals surface area contributed by atoms with Gasteiger partial charge >= 0.3 is 5.97 Å². The number of hydrogen-bond donors (Lipinski definition) is 4. The summed E-state index contributed by atoms with van der Waals surface area (Å²) in [5.74, 6) is -3.39. The van der Waals surface area contributed by atoms with Gasteiger partial charge < -0.3 is 45.1 Å². The molecule has 61 heavy (non-hydrogen) atoms. The molecule has 9 atom stereocenters. The second kappa shape index (κ2) is 26.8. The number of nitrogens with one attached hydrogen (secondary N) is 3. The van der Waals surface area contributed by atoms with Crippen molar-refractivity contribution in [3.05, 3.63) is 35.9 Å². The Morgan fingerprint density at radius 3 is 2.08 bits per heavy atom. The molecule has 1 saturated heterocycles. The first-order valence-electron chi connectivity index (χ1n) is 22.3. The summed E-state index contributed by atoms with van der Waals surface area (Å²) >= 11 is 0. The Kier molecular flexibility index (Phi) is 23.5. The van der Waals surface area contributed by atoms with Gasteiger partial charge in [0.25, 0.3) is 0 Å². The quantitative estimate of drug-likeness (QED) is 0.0901. The number of carboxylic acid groups (broad SMARTS) is 1. The molecular weight excluding hydrogens is 781 g/mol. The molecule has 0 spiro atoms. The molecule has 15 heteroatoms. The highest BCUT2D eigenvalue weighted by Crippen LogP contribution is 2.30. The van der Waals surface area contributed by atoms with Crippen LogP contribution in [-0.2, 0) is 44.6 Å². The lowest BCUT2D eigenvalue weighted by atomic mass is 9.89. The molecule has 0 bridgehead atoms. The summed E-state index contributed by atoms with van der Waals surface area (Å²) in [4.78, 5) is 73.8. The van der Waals surface area contributed by atoms with Gasteiger partial charge in [0, 0.05) is 53.4 Å². The number of carbonyl (C=O) groups excluding carboxylic acids is 4. The topological polar surface area (TPSA) is 179 Å². The van der Waals surface area contributed by atoms with Gasteiger partial charge in [-0.2, -0.15) is 0 Å². The number of aliphatic carboxylic acids is 1. The third kappa shape index (κ3) is 16.2. The van der Waals surface area contributed by atoms with Crippen molar-refractivity contribution in [2.24, 2.45) is 23.7 Å². The van der Waals surface area contributed by atoms with Crippen molar-refractivity contribution in [2.45, 2.75) is 143 Å². The van der Waals surface area contributed by atoms with Crippen LogP contribution in [0.5, 0.6) is 0 Å². The average molecular weight is 861 g/mol. The SMILES string of the molecule is CC[C@H](C)[C@@H]([C@@H](CC(=O)N1CCC[C@H]1[C@H](OC)[C@@H](C)C(=O)N[C@@H](Cc1ccccc1)C(=O)O)OC)N(C)C(=O)[C@@H](NC(=O)[C@H](C(C)C)N(C)CCOCCNC(C)C)C(C)C. The third-order valence-electron chi connectivity index (χ3n) is 12.1. The fraction of sp³-hybridized carbons (Fsp3) is 0.761. The molecule has 1 aliphatic rings. The number of carboxylic acids is 1. The van der Waals surface area contributed by atoms with E-state index < -0.39 is 60.2 Å². The van der Waals surface area contributed by atoms with Gasteiger partial charge in [-0.05, 0) is 43.2 Å². The van der Waals surface area contributed by atoms with Crippen molar-refractivity contribution in [1.82, 2.24) is 30.7 Å². The Labute approximate surface area is 366 Å². The van der Waals surface area contributed by atoms with Crippen molar-refractivity contribution in [2.75, 3.05) is 61.2 Å². The molecule has 1 aromatic carbocycles. The maximum absolute atomic E-state index is 14.5. The van der Waals surface area contributed by atoms with Gasteiger partial charge in [-0.1, -0.05) is 99.1 Å². The van der Waals surface area contributed by atoms with Gasteiger partial charge in [0.2, 0.25) is 23.6 Å². The molecule has 4 N–H and O–H groups in total. The monoisotopic (exact) mass is 861 g/mol. The highest BCUT2D eigenvalue weighted by Gasteiger charge is 2.43. The minimum Gasteiger partial charge on any atom is -0.480 e. The molecule has 0 aromatic heterocycles. The Morgan fingerprint density at radius 2 is 1.54 bits per heavy atom. The number of benzene rings is 1. The normalized spacial score (nSPS) is 18.4. The van der Waals surface area contributed by atoms with Crippen molar-refractivity contribution < 1.29 is 43.3 Å². The van der Waals surface area contributed by atoms with Gasteiger partial charge in [0.05, 0.1) is 55.9 Å². The van der Waals surface area contributed by atoms with Crippen LogP contribution < -0.4 is 16.0 Å². The van der Waals surface area contributed by atoms with E-state index in [2.05, 4.69) is 29.8 Å². The van der Waals surface area contributed by atoms with Gasteiger partial charge in [-0.3, -0.25) is 24.1 Å². The Balaban J connectivity index is 2.23. The molecule has 4 amide bonds. The van der Waals surface area contributed by atoms with E-state index in [0.717, 1.165) is 12.1 Å². The number of rotatable bonds is 28. The van der Waals surface area contributed by atoms with E-state index in [1.54, 1.807) is 30.9 Å². The lowest BCUT2D eigenvalue weighted by Crippen LogP contribution is -2.60. The lowest BCUT2D eigenvalue weighted by Gasteiger charge is -2.41. The predicted molar refractivity (Wildman–Crippen MR) is 238 cm³/mol. The average Bonchev–Trinajstić information content (AvgIpc) is 3.70. The first kappa shape index (κ1) is 53.5. The molecule has 0 unspecified atom stereocenters. The van der Waals surface area contributed by atoms with E-state index in [4.69, 9.17) is 14.2 Å². The molecule has 0 radical (unpaired) electrons. The van der Waals surface area contributed by atoms with Crippen molar-refractivity contribution in [3.63, 3.8) is 0 Å². The van der Waals surface area contributed by atoms with E-state index in [1.807, 2.05) is 83.8 Å². The zero-order valence-electron chi connectivity index (χ0n) is 39.4. The fourth-order valence-electron chi connectivity index (χ4n) is 8.51. The molecule has 1 aromatic rings. The van der Waals surface area contributed by atoms with Crippen LogP contribution in [0.15, 0.2) is 30.3 Å². The van der Waals surface area contributed by atoms with Crippen LogP contribution in [0, 0.1) is 23.7 Å². The molecule has 1 fully saturated rings. The predicted octanol–water partition coefficient (Wildman–Crippen LogP) is 3.83. The van der Waals surface area contributed by atoms with E-state index in [-0.39, 0.29) is 48.3 Å². The second-order valence-electron chi connectivity index (χ2n) is 17.8. The second-order valence-corrected chi connectivity index (χ2v) is 17.8. The number of methoxy groups -OCH3 is 2. The largest absolute Gasteiger partial charge is 0.480 e. The number of ether oxygens (including phenoxy) is 3. The number of carbonyl (C=O) groups is 5. The van der Waals surface area contributed by atoms with Crippen LogP contribution in [0.25, 0.3) is 0 Å². The lowest BCUT2D eigenvalue weighted by molar-refractivity contribution is -0.148. The minimum atomic E-state index is -1.14. The first-order valence-corrected chi connectivity index (χ1v) is 22.3. The standard InChI is InChI=1S/C46H80N6O9/c1-14-32(8)41(51(11)45(56)39(29(2)3)49-44(55)40(30(4)5)50(10)24-26-61-25-22-47-31(6)7)37(59-12)28-38(53)52-23-18-21-36(52)42(60-13)33(9)43(54)48-35(46(57)58)27-34-19-16-15-17-20-34/h15-17,19-20,29-33,35-37,39-42,47H,14,18,21-28H2,1-13H3,(H,48,54)(H,49,55)(H,57,58)/t32-,33+,35-,36-,37+,39-,40-,41-,42+/m0/s1. The molecule has 1 aliphatic heterocycles. The molecular formula is C46H80N6O9. The highest BCUT2D eigenvalue weighted by atomic mass is 16.5. The van der Waals surface area contributed by atoms with Crippen LogP contribution in [0.4, 0.5) is 0 Å². The number of hydrogen-bond acceptors (Lipinski definition) is 10. The summed E-state index contributed by atoms with van der Waals surface area (Å²) in [7, 11) is 6.66. The summed E-state index contributed by atoms with van der Waals surface area (Å²) in [6.07, 6.45) is 0.733. The van der Waals surface area contributed by atoms with E-state index in [0.29, 0.717) is 51.6 Å². The van der Waals surface area contributed by atoms with Crippen LogP contribution in [-0.4, -0.2) is 159 Å². The summed E-state index contributed by atoms with van der Waals surface area (Å²) < 4.78 is 17.8. The number of likely N-dealkylation sites (N-methyl/N-ethyl adjacent to an activating group) is 2. The van der Waals surface area contributed by atoms with Crippen LogP contribution in [0.2, 0.25) is 0 Å². The zero-order chi connectivity index (χ0) is 46.0. The summed E-state index contributed by atoms with van der Waals surface area (Å²) in [6.45, 7) is 20.5. The Morgan fingerprint density at radius 1 is 0.885 bits per heavy atom. The van der Waals surface area contributed by atoms with Crippen LogP contribution in [0.3, 0.4) is 0 Å². The van der Waals surface area contributed by atoms with Crippen molar-refractivity contribution >= 4 is 29.6 Å². The van der Waals surface area contributed by atoms with Gasteiger partial charge in [-0.15, -0.1) is 0 Å². The summed E-state index contributed by atoms with van der Waals surface area (Å²) in [5, 5.41) is 19.0. The molecule has 2 rings (SSSR count). The number of nitrogens with zero attached hydrogens (tertiary/aromatic N) is 3. The Bertz CT molecular complexity index is 1500. The van der Waals surface area contributed by atoms with Crippen LogP contribution >= 0.6 is 0 Å². The zero-order valence-corrected chi connectivity index (χ0v) is 39.4. The van der Waals surface area contributed by atoms with Crippen LogP contribution in [0.1, 0.15) is 93.6 Å². The maximum atomic E-state index is 14.5. The fourth-order valence-corrected chi connectivity index (χ4v) is 8.51. The van der Waals surface area contributed by atoms with E-state index in [1.165, 1.54) is 7.11 Å². The Hall–Kier alpha value is -3.63. The van der Waals surface area contributed by atoms with Gasteiger partial charge in [0.15, 0.2) is 0 Å². The number of likely N-dealkylation sites (tertiary alicyclic amines) is 1. The molecule has 0 saturated carbocycles. The summed E-state index contributed by atoms with van der Waals surface area (Å²) in [6, 6.07) is 6.10. The number of amides is 4. The van der Waals surface area contributed by atoms with E-state index >= 15 is 0 Å². The minimum absolute atomic E-state index is 0.0245. The highest BCUT2D eigenvalue weighted by molar-refractivity contribution is 5.90. The smallest absolute Gasteiger partial charge is 0.326 e. The van der Waals surface area contributed by atoms with Gasteiger partial charge in [-0.25, -0.2) is 4.79 Å². The molecule has 1 heterocycles. The molecule has 0 aliphatic carbocycles.